The Morgan fingerprint density at radius 1 is 1.48 bits per heavy atom. The maximum atomic E-state index is 5.91. The van der Waals surface area contributed by atoms with E-state index in [9.17, 15) is 0 Å². The molecule has 0 radical (unpaired) electrons. The fraction of sp³-hybridized carbons (Fsp3) is 0.625. The molecule has 1 aromatic heterocycles. The molecule has 1 aromatic rings. The third kappa shape index (κ3) is 5.96. The minimum Gasteiger partial charge on any atom is -0.370 e. The van der Waals surface area contributed by atoms with Gasteiger partial charge in [0.2, 0.25) is 0 Å². The molecular formula is C16H26N4S. The standard InChI is InChI=1S/C16H26N4S/c1-16(2,3)21-14-9-13(7-8-18-14)11-20-15(17)19-10-12-5-4-6-12/h7-9,12H,4-6,10-11H2,1-3H3,(H3,17,19,20). The first-order valence-corrected chi connectivity index (χ1v) is 8.42. The molecule has 0 amide bonds. The number of hydrogen-bond acceptors (Lipinski definition) is 3. The Labute approximate surface area is 132 Å². The second-order valence-corrected chi connectivity index (χ2v) is 8.44. The van der Waals surface area contributed by atoms with Gasteiger partial charge in [0, 0.05) is 17.5 Å². The molecule has 0 aromatic carbocycles. The van der Waals surface area contributed by atoms with E-state index in [0.717, 1.165) is 23.1 Å². The number of aliphatic imine (C=N–C) groups is 1. The zero-order chi connectivity index (χ0) is 15.3. The molecule has 21 heavy (non-hydrogen) atoms. The molecular weight excluding hydrogens is 280 g/mol. The summed E-state index contributed by atoms with van der Waals surface area (Å²) in [6.07, 6.45) is 5.83. The molecule has 4 nitrogen and oxygen atoms in total. The summed E-state index contributed by atoms with van der Waals surface area (Å²) in [7, 11) is 0. The maximum absolute atomic E-state index is 5.91. The number of aromatic nitrogens is 1. The lowest BCUT2D eigenvalue weighted by Gasteiger charge is -2.25. The first kappa shape index (κ1) is 16.1. The number of hydrogen-bond donors (Lipinski definition) is 2. The van der Waals surface area contributed by atoms with Crippen LogP contribution in [0.1, 0.15) is 45.6 Å². The monoisotopic (exact) mass is 306 g/mol. The summed E-state index contributed by atoms with van der Waals surface area (Å²) in [5.41, 5.74) is 7.05. The zero-order valence-electron chi connectivity index (χ0n) is 13.2. The molecule has 1 saturated carbocycles. The van der Waals surface area contributed by atoms with Crippen LogP contribution in [-0.4, -0.2) is 22.2 Å². The Morgan fingerprint density at radius 3 is 2.86 bits per heavy atom. The van der Waals surface area contributed by atoms with Crippen molar-refractivity contribution in [2.24, 2.45) is 16.6 Å². The fourth-order valence-electron chi connectivity index (χ4n) is 2.10. The van der Waals surface area contributed by atoms with E-state index >= 15 is 0 Å². The number of pyridine rings is 1. The average molecular weight is 306 g/mol. The van der Waals surface area contributed by atoms with Crippen molar-refractivity contribution in [3.8, 4) is 0 Å². The van der Waals surface area contributed by atoms with Crippen LogP contribution in [0.4, 0.5) is 0 Å². The number of nitrogens with zero attached hydrogens (tertiary/aromatic N) is 2. The van der Waals surface area contributed by atoms with E-state index in [1.165, 1.54) is 19.3 Å². The van der Waals surface area contributed by atoms with Gasteiger partial charge in [-0.3, -0.25) is 0 Å². The van der Waals surface area contributed by atoms with E-state index < -0.39 is 0 Å². The van der Waals surface area contributed by atoms with Crippen LogP contribution < -0.4 is 11.1 Å². The first-order valence-electron chi connectivity index (χ1n) is 7.60. The second-order valence-electron chi connectivity index (χ2n) is 6.60. The largest absolute Gasteiger partial charge is 0.370 e. The molecule has 3 N–H and O–H groups in total. The minimum atomic E-state index is 0.165. The van der Waals surface area contributed by atoms with Crippen LogP contribution in [0.25, 0.3) is 0 Å². The van der Waals surface area contributed by atoms with Gasteiger partial charge in [0.05, 0.1) is 11.6 Å². The molecule has 1 aliphatic carbocycles. The maximum Gasteiger partial charge on any atom is 0.188 e. The lowest BCUT2D eigenvalue weighted by molar-refractivity contribution is 0.315. The molecule has 5 heteroatoms. The normalized spacial score (nSPS) is 16.6. The zero-order valence-corrected chi connectivity index (χ0v) is 14.0. The van der Waals surface area contributed by atoms with Crippen LogP contribution >= 0.6 is 11.8 Å². The van der Waals surface area contributed by atoms with Gasteiger partial charge >= 0.3 is 0 Å². The molecule has 1 fully saturated rings. The molecule has 1 heterocycles. The highest BCUT2D eigenvalue weighted by molar-refractivity contribution is 8.00. The Morgan fingerprint density at radius 2 is 2.24 bits per heavy atom. The summed E-state index contributed by atoms with van der Waals surface area (Å²) in [5, 5.41) is 4.25. The van der Waals surface area contributed by atoms with Gasteiger partial charge in [-0.05, 0) is 36.5 Å². The lowest BCUT2D eigenvalue weighted by atomic mass is 9.85. The van der Waals surface area contributed by atoms with Crippen LogP contribution in [0.2, 0.25) is 0 Å². The van der Waals surface area contributed by atoms with Gasteiger partial charge in [-0.25, -0.2) is 9.98 Å². The molecule has 116 valence electrons. The predicted octanol–water partition coefficient (Wildman–Crippen LogP) is 3.18. The van der Waals surface area contributed by atoms with Gasteiger partial charge in [-0.2, -0.15) is 0 Å². The summed E-state index contributed by atoms with van der Waals surface area (Å²) in [6.45, 7) is 8.12. The summed E-state index contributed by atoms with van der Waals surface area (Å²) in [5.74, 6) is 1.33. The van der Waals surface area contributed by atoms with Gasteiger partial charge < -0.3 is 11.1 Å². The van der Waals surface area contributed by atoms with E-state index in [0.29, 0.717) is 12.5 Å². The van der Waals surface area contributed by atoms with Crippen molar-refractivity contribution in [2.45, 2.75) is 56.4 Å². The second kappa shape index (κ2) is 7.16. The van der Waals surface area contributed by atoms with Crippen molar-refractivity contribution in [2.75, 3.05) is 6.54 Å². The topological polar surface area (TPSA) is 63.3 Å². The van der Waals surface area contributed by atoms with Gasteiger partial charge in [0.1, 0.15) is 0 Å². The molecule has 0 saturated heterocycles. The van der Waals surface area contributed by atoms with Gasteiger partial charge in [-0.1, -0.05) is 27.2 Å². The van der Waals surface area contributed by atoms with Crippen molar-refractivity contribution in [3.05, 3.63) is 23.9 Å². The van der Waals surface area contributed by atoms with Gasteiger partial charge in [-0.15, -0.1) is 11.8 Å². The first-order chi connectivity index (χ1) is 9.92. The van der Waals surface area contributed by atoms with Crippen molar-refractivity contribution in [3.63, 3.8) is 0 Å². The van der Waals surface area contributed by atoms with Crippen molar-refractivity contribution < 1.29 is 0 Å². The lowest BCUT2D eigenvalue weighted by Crippen LogP contribution is -2.37. The highest BCUT2D eigenvalue weighted by Crippen LogP contribution is 2.30. The number of thioether (sulfide) groups is 1. The molecule has 0 unspecified atom stereocenters. The fourth-order valence-corrected chi connectivity index (χ4v) is 3.05. The highest BCUT2D eigenvalue weighted by atomic mass is 32.2. The van der Waals surface area contributed by atoms with Gasteiger partial charge in [0.25, 0.3) is 0 Å². The van der Waals surface area contributed by atoms with E-state index in [-0.39, 0.29) is 4.75 Å². The van der Waals surface area contributed by atoms with E-state index in [1.807, 2.05) is 12.3 Å². The molecule has 1 aliphatic rings. The highest BCUT2D eigenvalue weighted by Gasteiger charge is 2.16. The van der Waals surface area contributed by atoms with Crippen LogP contribution in [-0.2, 0) is 6.54 Å². The molecule has 0 bridgehead atoms. The van der Waals surface area contributed by atoms with Crippen molar-refractivity contribution >= 4 is 17.7 Å². The van der Waals surface area contributed by atoms with E-state index in [1.54, 1.807) is 11.8 Å². The van der Waals surface area contributed by atoms with Crippen LogP contribution in [0.5, 0.6) is 0 Å². The smallest absolute Gasteiger partial charge is 0.188 e. The number of rotatable bonds is 5. The average Bonchev–Trinajstić information content (AvgIpc) is 2.33. The Kier molecular flexibility index (Phi) is 5.51. The Bertz CT molecular complexity index is 489. The number of guanidine groups is 1. The Hall–Kier alpha value is -1.23. The van der Waals surface area contributed by atoms with Crippen LogP contribution in [0, 0.1) is 5.92 Å². The Balaban J connectivity index is 1.85. The van der Waals surface area contributed by atoms with Crippen LogP contribution in [0.15, 0.2) is 28.3 Å². The molecule has 0 atom stereocenters. The molecule has 0 spiro atoms. The van der Waals surface area contributed by atoms with Gasteiger partial charge in [0.15, 0.2) is 5.96 Å². The predicted molar refractivity (Wildman–Crippen MR) is 90.5 cm³/mol. The number of nitrogens with one attached hydrogen (secondary N) is 1. The third-order valence-electron chi connectivity index (χ3n) is 3.44. The molecule has 2 rings (SSSR count). The number of nitrogens with two attached hydrogens (primary N) is 1. The summed E-state index contributed by atoms with van der Waals surface area (Å²) in [6, 6.07) is 4.09. The SMILES string of the molecule is CC(C)(C)Sc1cc(CN=C(N)NCC2CCC2)ccn1. The quantitative estimate of drug-likeness (QED) is 0.498. The molecule has 0 aliphatic heterocycles. The third-order valence-corrected chi connectivity index (χ3v) is 4.48. The minimum absolute atomic E-state index is 0.165. The summed E-state index contributed by atoms with van der Waals surface area (Å²) in [4.78, 5) is 8.81. The van der Waals surface area contributed by atoms with E-state index in [2.05, 4.69) is 42.1 Å². The summed E-state index contributed by atoms with van der Waals surface area (Å²) >= 11 is 1.77. The van der Waals surface area contributed by atoms with E-state index in [4.69, 9.17) is 5.73 Å². The summed E-state index contributed by atoms with van der Waals surface area (Å²) < 4.78 is 0.165. The van der Waals surface area contributed by atoms with Crippen molar-refractivity contribution in [1.29, 1.82) is 0 Å². The van der Waals surface area contributed by atoms with Crippen LogP contribution in [0.3, 0.4) is 0 Å². The van der Waals surface area contributed by atoms with Crippen molar-refractivity contribution in [1.82, 2.24) is 10.3 Å².